The van der Waals surface area contributed by atoms with Crippen LogP contribution in [0.1, 0.15) is 86.5 Å². The maximum absolute atomic E-state index is 11.8. The van der Waals surface area contributed by atoms with Crippen LogP contribution >= 0.6 is 0 Å². The summed E-state index contributed by atoms with van der Waals surface area (Å²) in [6, 6.07) is 0. The maximum atomic E-state index is 11.8. The van der Waals surface area contributed by atoms with Crippen molar-refractivity contribution in [1.82, 2.24) is 44.1 Å². The highest BCUT2D eigenvalue weighted by atomic mass is 16.3. The van der Waals surface area contributed by atoms with Gasteiger partial charge in [-0.05, 0) is 90.9 Å². The van der Waals surface area contributed by atoms with Gasteiger partial charge in [0.25, 0.3) is 0 Å². The Morgan fingerprint density at radius 2 is 0.689 bits per heavy atom. The molecule has 61 heavy (non-hydrogen) atoms. The number of aliphatic hydroxyl groups excluding tert-OH is 6. The van der Waals surface area contributed by atoms with Crippen LogP contribution in [0.25, 0.3) is 0 Å². The molecule has 5 unspecified atom stereocenters. The molecule has 0 aromatic heterocycles. The average molecular weight is 874 g/mol. The van der Waals surface area contributed by atoms with E-state index in [1.165, 1.54) is 0 Å². The Labute approximate surface area is 374 Å². The highest BCUT2D eigenvalue weighted by Gasteiger charge is 2.27. The number of aliphatic hydroxyl groups is 6. The number of likely N-dealkylation sites (N-methyl/N-ethyl adjacent to an activating group) is 1. The summed E-state index contributed by atoms with van der Waals surface area (Å²) >= 11 is 0. The van der Waals surface area contributed by atoms with Gasteiger partial charge in [0.2, 0.25) is 0 Å². The smallest absolute Gasteiger partial charge is 0.0926 e. The molecule has 0 saturated carbocycles. The van der Waals surface area contributed by atoms with Crippen molar-refractivity contribution in [1.29, 1.82) is 0 Å². The van der Waals surface area contributed by atoms with Crippen LogP contribution in [0.5, 0.6) is 0 Å². The monoisotopic (exact) mass is 874 g/mol. The zero-order valence-corrected chi connectivity index (χ0v) is 40.3. The van der Waals surface area contributed by atoms with E-state index in [2.05, 4.69) is 80.7 Å². The molecule has 15 heteroatoms. The summed E-state index contributed by atoms with van der Waals surface area (Å²) in [6.07, 6.45) is 1.39. The molecule has 2 rings (SSSR count). The lowest BCUT2D eigenvalue weighted by atomic mass is 10.1. The van der Waals surface area contributed by atoms with Crippen molar-refractivity contribution in [3.05, 3.63) is 0 Å². The fourth-order valence-electron chi connectivity index (χ4n) is 9.20. The molecule has 2 aliphatic heterocycles. The highest BCUT2D eigenvalue weighted by molar-refractivity contribution is 4.82. The summed E-state index contributed by atoms with van der Waals surface area (Å²) in [6.45, 7) is 36.6. The van der Waals surface area contributed by atoms with Crippen molar-refractivity contribution in [3.63, 3.8) is 0 Å². The maximum Gasteiger partial charge on any atom is 0.0926 e. The van der Waals surface area contributed by atoms with E-state index >= 15 is 0 Å². The molecule has 0 bridgehead atoms. The Balaban J connectivity index is 2.24. The lowest BCUT2D eigenvalue weighted by Crippen LogP contribution is -2.51. The molecule has 0 spiro atoms. The van der Waals surface area contributed by atoms with Gasteiger partial charge >= 0.3 is 0 Å². The molecule has 5 atom stereocenters. The standard InChI is InChI=1S/C46H99N9O6/c1-7-14-48-22-21-47(12-6)19-13-20-53(32-29-50(16-9-3)26-23-48)36-43(58)38-55(40-46(61)45(60)35-42(57)41-56)39-44(59)37-54-33-30-51(17-10-4)27-24-49(15-8-2)25-28-52(18-11-5)31-34-54/h42-46,56-61H,7-41H2,1-6H3. The Hall–Kier alpha value is -0.600. The molecule has 6 N–H and O–H groups in total. The first-order valence-corrected chi connectivity index (χ1v) is 25.0. The summed E-state index contributed by atoms with van der Waals surface area (Å²) in [5, 5.41) is 65.0. The van der Waals surface area contributed by atoms with Gasteiger partial charge in [-0.3, -0.25) is 14.7 Å². The van der Waals surface area contributed by atoms with Crippen LogP contribution < -0.4 is 0 Å². The van der Waals surface area contributed by atoms with Gasteiger partial charge in [-0.25, -0.2) is 0 Å². The second kappa shape index (κ2) is 34.7. The Bertz CT molecular complexity index is 1010. The van der Waals surface area contributed by atoms with Crippen molar-refractivity contribution in [2.75, 3.05) is 183 Å². The summed E-state index contributed by atoms with van der Waals surface area (Å²) < 4.78 is 0. The molecule has 364 valence electrons. The van der Waals surface area contributed by atoms with Gasteiger partial charge < -0.3 is 60.0 Å². The lowest BCUT2D eigenvalue weighted by molar-refractivity contribution is -0.0475. The minimum atomic E-state index is -1.25. The average Bonchev–Trinajstić information content (AvgIpc) is 3.24. The summed E-state index contributed by atoms with van der Waals surface area (Å²) in [5.41, 5.74) is 0. The van der Waals surface area contributed by atoms with E-state index in [-0.39, 0.29) is 26.1 Å². The zero-order valence-electron chi connectivity index (χ0n) is 40.3. The third kappa shape index (κ3) is 25.6. The third-order valence-electron chi connectivity index (χ3n) is 12.7. The van der Waals surface area contributed by atoms with Crippen molar-refractivity contribution in [2.45, 2.75) is 117 Å². The lowest BCUT2D eigenvalue weighted by Gasteiger charge is -2.36. The molecule has 0 aromatic rings. The van der Waals surface area contributed by atoms with Gasteiger partial charge in [0.1, 0.15) is 0 Å². The van der Waals surface area contributed by atoms with E-state index in [0.29, 0.717) is 13.1 Å². The largest absolute Gasteiger partial charge is 0.394 e. The predicted octanol–water partition coefficient (Wildman–Crippen LogP) is 0.379. The summed E-state index contributed by atoms with van der Waals surface area (Å²) in [7, 11) is 0. The zero-order chi connectivity index (χ0) is 44.8. The van der Waals surface area contributed by atoms with E-state index in [1.54, 1.807) is 0 Å². The minimum absolute atomic E-state index is 0.0280. The minimum Gasteiger partial charge on any atom is -0.394 e. The van der Waals surface area contributed by atoms with Crippen molar-refractivity contribution in [2.24, 2.45) is 0 Å². The molecule has 0 radical (unpaired) electrons. The summed E-state index contributed by atoms with van der Waals surface area (Å²) in [4.78, 5) is 22.2. The molecule has 0 aliphatic carbocycles. The molecule has 0 aromatic carbocycles. The Morgan fingerprint density at radius 3 is 1.02 bits per heavy atom. The highest BCUT2D eigenvalue weighted by Crippen LogP contribution is 2.11. The van der Waals surface area contributed by atoms with Crippen LogP contribution in [0.3, 0.4) is 0 Å². The van der Waals surface area contributed by atoms with Crippen LogP contribution in [0.2, 0.25) is 0 Å². The molecule has 0 amide bonds. The molecule has 2 aliphatic rings. The molecule has 2 fully saturated rings. The second-order valence-electron chi connectivity index (χ2n) is 18.3. The van der Waals surface area contributed by atoms with Gasteiger partial charge in [-0.2, -0.15) is 0 Å². The normalized spacial score (nSPS) is 22.8. The topological polar surface area (TPSA) is 151 Å². The first kappa shape index (κ1) is 56.5. The predicted molar refractivity (Wildman–Crippen MR) is 251 cm³/mol. The Kier molecular flexibility index (Phi) is 32.2. The van der Waals surface area contributed by atoms with Crippen molar-refractivity contribution in [3.8, 4) is 0 Å². The van der Waals surface area contributed by atoms with Crippen LogP contribution in [0.4, 0.5) is 0 Å². The van der Waals surface area contributed by atoms with E-state index in [1.807, 2.05) is 4.90 Å². The number of nitrogens with zero attached hydrogens (tertiary/aromatic N) is 9. The van der Waals surface area contributed by atoms with Crippen LogP contribution in [0, 0.1) is 0 Å². The molecular weight excluding hydrogens is 775 g/mol. The molecule has 2 heterocycles. The van der Waals surface area contributed by atoms with E-state index < -0.39 is 37.1 Å². The molecule has 15 nitrogen and oxygen atoms in total. The van der Waals surface area contributed by atoms with Crippen LogP contribution in [0.15, 0.2) is 0 Å². The van der Waals surface area contributed by atoms with Crippen molar-refractivity contribution < 1.29 is 30.6 Å². The third-order valence-corrected chi connectivity index (χ3v) is 12.7. The molecule has 2 saturated heterocycles. The molecular formula is C46H99N9O6. The van der Waals surface area contributed by atoms with Crippen LogP contribution in [-0.2, 0) is 0 Å². The van der Waals surface area contributed by atoms with Gasteiger partial charge in [0, 0.05) is 131 Å². The summed E-state index contributed by atoms with van der Waals surface area (Å²) in [5.74, 6) is 0. The fraction of sp³-hybridized carbons (Fsp3) is 1.00. The number of hydrogen-bond donors (Lipinski definition) is 6. The first-order valence-electron chi connectivity index (χ1n) is 25.0. The van der Waals surface area contributed by atoms with Gasteiger partial charge in [0.05, 0.1) is 37.1 Å². The number of hydrogen-bond acceptors (Lipinski definition) is 15. The van der Waals surface area contributed by atoms with Crippen molar-refractivity contribution >= 4 is 0 Å². The first-order chi connectivity index (χ1) is 29.5. The van der Waals surface area contributed by atoms with Gasteiger partial charge in [-0.1, -0.05) is 41.5 Å². The Morgan fingerprint density at radius 1 is 0.377 bits per heavy atom. The number of rotatable bonds is 25. The second-order valence-corrected chi connectivity index (χ2v) is 18.3. The van der Waals surface area contributed by atoms with Crippen LogP contribution in [-0.4, -0.2) is 289 Å². The van der Waals surface area contributed by atoms with E-state index in [9.17, 15) is 30.6 Å². The quantitative estimate of drug-likeness (QED) is 0.0751. The van der Waals surface area contributed by atoms with E-state index in [4.69, 9.17) is 0 Å². The van der Waals surface area contributed by atoms with E-state index in [0.717, 1.165) is 183 Å². The fourth-order valence-corrected chi connectivity index (χ4v) is 9.20. The number of β-amino-alcohol motifs (C(OH)–C–C–N with tert-alkyl or cyclic N) is 2. The SMILES string of the molecule is CCCN1CCN(CC)CCCN(CC(O)CN(CC(O)CN2CCN(CCC)CCN(CCC)CCN(CCC)CC2)CC(O)C(O)CC(O)CO)CCN(CCC)CC1. The van der Waals surface area contributed by atoms with Gasteiger partial charge in [0.15, 0.2) is 0 Å². The van der Waals surface area contributed by atoms with Gasteiger partial charge in [-0.15, -0.1) is 0 Å².